The summed E-state index contributed by atoms with van der Waals surface area (Å²) in [6.45, 7) is 3.81. The quantitative estimate of drug-likeness (QED) is 0.598. The molecule has 0 aliphatic rings. The van der Waals surface area contributed by atoms with Gasteiger partial charge in [0.25, 0.3) is 5.91 Å². The van der Waals surface area contributed by atoms with E-state index in [-0.39, 0.29) is 12.0 Å². The van der Waals surface area contributed by atoms with Crippen molar-refractivity contribution in [3.8, 4) is 11.5 Å². The fraction of sp³-hybridized carbons (Fsp3) is 0.222. The molecule has 1 amide bonds. The van der Waals surface area contributed by atoms with Crippen molar-refractivity contribution < 1.29 is 14.3 Å². The van der Waals surface area contributed by atoms with Gasteiger partial charge >= 0.3 is 0 Å². The van der Waals surface area contributed by atoms with Crippen LogP contribution in [0.3, 0.4) is 0 Å². The third-order valence-electron chi connectivity index (χ3n) is 3.06. The van der Waals surface area contributed by atoms with Gasteiger partial charge in [-0.15, -0.1) is 0 Å². The van der Waals surface area contributed by atoms with Gasteiger partial charge < -0.3 is 9.47 Å². The van der Waals surface area contributed by atoms with Crippen LogP contribution in [-0.2, 0) is 0 Å². The van der Waals surface area contributed by atoms with Crippen molar-refractivity contribution in [2.75, 3.05) is 7.11 Å². The molecule has 0 atom stereocenters. The summed E-state index contributed by atoms with van der Waals surface area (Å²) in [6.07, 6.45) is 1.51. The first kappa shape index (κ1) is 18.0. The molecule has 2 aromatic rings. The smallest absolute Gasteiger partial charge is 0.275 e. The number of carbonyl (C=O) groups excluding carboxylic acids is 1. The molecule has 0 aromatic heterocycles. The Balaban J connectivity index is 2.15. The monoisotopic (exact) mass is 390 g/mol. The predicted molar refractivity (Wildman–Crippen MR) is 98.0 cm³/mol. The van der Waals surface area contributed by atoms with Gasteiger partial charge in [0.2, 0.25) is 0 Å². The SMILES string of the molecule is COc1ccccc1/C=N/NC(=O)c1cc(Br)ccc1OC(C)C. The van der Waals surface area contributed by atoms with E-state index >= 15 is 0 Å². The van der Waals surface area contributed by atoms with Crippen molar-refractivity contribution in [3.05, 3.63) is 58.1 Å². The molecule has 1 N–H and O–H groups in total. The maximum absolute atomic E-state index is 12.4. The number of hydrogen-bond acceptors (Lipinski definition) is 4. The third-order valence-corrected chi connectivity index (χ3v) is 3.55. The number of hydrogen-bond donors (Lipinski definition) is 1. The van der Waals surface area contributed by atoms with Crippen LogP contribution in [0.5, 0.6) is 11.5 Å². The second-order valence-electron chi connectivity index (χ2n) is 5.25. The molecule has 0 fully saturated rings. The number of nitrogens with one attached hydrogen (secondary N) is 1. The molecule has 0 radical (unpaired) electrons. The minimum atomic E-state index is -0.349. The number of benzene rings is 2. The van der Waals surface area contributed by atoms with Gasteiger partial charge in [0.1, 0.15) is 11.5 Å². The summed E-state index contributed by atoms with van der Waals surface area (Å²) in [5.41, 5.74) is 3.70. The molecular weight excluding hydrogens is 372 g/mol. The topological polar surface area (TPSA) is 59.9 Å². The summed E-state index contributed by atoms with van der Waals surface area (Å²) >= 11 is 3.36. The molecule has 2 aromatic carbocycles. The molecule has 24 heavy (non-hydrogen) atoms. The lowest BCUT2D eigenvalue weighted by Gasteiger charge is -2.13. The summed E-state index contributed by atoms with van der Waals surface area (Å²) in [7, 11) is 1.59. The maximum Gasteiger partial charge on any atom is 0.275 e. The summed E-state index contributed by atoms with van der Waals surface area (Å²) < 4.78 is 11.7. The van der Waals surface area contributed by atoms with E-state index in [1.807, 2.05) is 44.2 Å². The van der Waals surface area contributed by atoms with E-state index in [0.29, 0.717) is 17.1 Å². The number of hydrazone groups is 1. The van der Waals surface area contributed by atoms with Crippen molar-refractivity contribution >= 4 is 28.1 Å². The Bertz CT molecular complexity index is 745. The highest BCUT2D eigenvalue weighted by Crippen LogP contribution is 2.24. The first-order valence-corrected chi connectivity index (χ1v) is 8.23. The molecule has 5 nitrogen and oxygen atoms in total. The van der Waals surface area contributed by atoms with Gasteiger partial charge in [0, 0.05) is 10.0 Å². The summed E-state index contributed by atoms with van der Waals surface area (Å²) in [6, 6.07) is 12.7. The number of halogens is 1. The lowest BCUT2D eigenvalue weighted by atomic mass is 10.2. The molecule has 0 saturated heterocycles. The Labute approximate surface area is 149 Å². The normalized spacial score (nSPS) is 10.9. The average Bonchev–Trinajstić information content (AvgIpc) is 2.56. The Kier molecular flexibility index (Phi) is 6.37. The largest absolute Gasteiger partial charge is 0.496 e. The maximum atomic E-state index is 12.4. The van der Waals surface area contributed by atoms with Crippen molar-refractivity contribution in [1.82, 2.24) is 5.43 Å². The molecule has 0 bridgehead atoms. The molecule has 0 unspecified atom stereocenters. The summed E-state index contributed by atoms with van der Waals surface area (Å²) in [4.78, 5) is 12.4. The Morgan fingerprint density at radius 2 is 1.96 bits per heavy atom. The van der Waals surface area contributed by atoms with Gasteiger partial charge in [0.05, 0.1) is 25.0 Å². The molecule has 0 aliphatic heterocycles. The summed E-state index contributed by atoms with van der Waals surface area (Å²) in [5, 5.41) is 4.00. The number of amides is 1. The van der Waals surface area contributed by atoms with E-state index in [0.717, 1.165) is 10.0 Å². The number of para-hydroxylation sites is 1. The Morgan fingerprint density at radius 3 is 2.67 bits per heavy atom. The highest BCUT2D eigenvalue weighted by atomic mass is 79.9. The number of methoxy groups -OCH3 is 1. The molecule has 2 rings (SSSR count). The van der Waals surface area contributed by atoms with Gasteiger partial charge in [-0.3, -0.25) is 4.79 Å². The first-order valence-electron chi connectivity index (χ1n) is 7.44. The highest BCUT2D eigenvalue weighted by Gasteiger charge is 2.14. The van der Waals surface area contributed by atoms with Crippen molar-refractivity contribution in [1.29, 1.82) is 0 Å². The van der Waals surface area contributed by atoms with Gasteiger partial charge in [0.15, 0.2) is 0 Å². The minimum absolute atomic E-state index is 0.0326. The number of rotatable bonds is 6. The fourth-order valence-corrected chi connectivity index (χ4v) is 2.39. The zero-order chi connectivity index (χ0) is 17.5. The minimum Gasteiger partial charge on any atom is -0.496 e. The van der Waals surface area contributed by atoms with E-state index in [1.54, 1.807) is 19.2 Å². The first-order chi connectivity index (χ1) is 11.5. The van der Waals surface area contributed by atoms with Crippen LogP contribution in [0.4, 0.5) is 0 Å². The molecule has 0 aliphatic carbocycles. The van der Waals surface area contributed by atoms with Crippen LogP contribution in [0.15, 0.2) is 52.0 Å². The lowest BCUT2D eigenvalue weighted by molar-refractivity contribution is 0.0949. The van der Waals surface area contributed by atoms with Gasteiger partial charge in [-0.2, -0.15) is 5.10 Å². The van der Waals surface area contributed by atoms with E-state index < -0.39 is 0 Å². The predicted octanol–water partition coefficient (Wildman–Crippen LogP) is 4.01. The molecule has 126 valence electrons. The molecule has 0 spiro atoms. The van der Waals surface area contributed by atoms with Crippen LogP contribution >= 0.6 is 15.9 Å². The Hall–Kier alpha value is -2.34. The van der Waals surface area contributed by atoms with Crippen molar-refractivity contribution in [3.63, 3.8) is 0 Å². The molecule has 0 heterocycles. The highest BCUT2D eigenvalue weighted by molar-refractivity contribution is 9.10. The van der Waals surface area contributed by atoms with E-state index in [2.05, 4.69) is 26.5 Å². The van der Waals surface area contributed by atoms with Crippen molar-refractivity contribution in [2.24, 2.45) is 5.10 Å². The van der Waals surface area contributed by atoms with E-state index in [1.165, 1.54) is 6.21 Å². The standard InChI is InChI=1S/C18H19BrN2O3/c1-12(2)24-17-9-8-14(19)10-15(17)18(22)21-20-11-13-6-4-5-7-16(13)23-3/h4-12H,1-3H3,(H,21,22)/b20-11+. The Morgan fingerprint density at radius 1 is 1.21 bits per heavy atom. The lowest BCUT2D eigenvalue weighted by Crippen LogP contribution is -2.20. The summed E-state index contributed by atoms with van der Waals surface area (Å²) in [5.74, 6) is 0.845. The van der Waals surface area contributed by atoms with Gasteiger partial charge in [-0.05, 0) is 44.2 Å². The average molecular weight is 391 g/mol. The van der Waals surface area contributed by atoms with E-state index in [4.69, 9.17) is 9.47 Å². The number of carbonyl (C=O) groups is 1. The number of ether oxygens (including phenoxy) is 2. The molecule has 0 saturated carbocycles. The van der Waals surface area contributed by atoms with Crippen molar-refractivity contribution in [2.45, 2.75) is 20.0 Å². The van der Waals surface area contributed by atoms with Gasteiger partial charge in [-0.25, -0.2) is 5.43 Å². The fourth-order valence-electron chi connectivity index (χ4n) is 2.03. The zero-order valence-electron chi connectivity index (χ0n) is 13.7. The van der Waals surface area contributed by atoms with Gasteiger partial charge in [-0.1, -0.05) is 28.1 Å². The zero-order valence-corrected chi connectivity index (χ0v) is 15.3. The second-order valence-corrected chi connectivity index (χ2v) is 6.16. The van der Waals surface area contributed by atoms with Crippen LogP contribution in [-0.4, -0.2) is 25.3 Å². The second kappa shape index (κ2) is 8.49. The van der Waals surface area contributed by atoms with Crippen LogP contribution < -0.4 is 14.9 Å². The third kappa shape index (κ3) is 4.83. The molecular formula is C18H19BrN2O3. The molecule has 6 heteroatoms. The van der Waals surface area contributed by atoms with E-state index in [9.17, 15) is 4.79 Å². The van der Waals surface area contributed by atoms with Crippen LogP contribution in [0.1, 0.15) is 29.8 Å². The van der Waals surface area contributed by atoms with Crippen LogP contribution in [0.2, 0.25) is 0 Å². The van der Waals surface area contributed by atoms with Crippen LogP contribution in [0.25, 0.3) is 0 Å². The number of nitrogens with zero attached hydrogens (tertiary/aromatic N) is 1. The van der Waals surface area contributed by atoms with Crippen LogP contribution in [0, 0.1) is 0 Å².